The lowest BCUT2D eigenvalue weighted by molar-refractivity contribution is 0.330. The van der Waals surface area contributed by atoms with Crippen molar-refractivity contribution < 1.29 is 0 Å². The Morgan fingerprint density at radius 2 is 1.93 bits per heavy atom. The van der Waals surface area contributed by atoms with Crippen LogP contribution >= 0.6 is 0 Å². The highest BCUT2D eigenvalue weighted by Crippen LogP contribution is 2.37. The van der Waals surface area contributed by atoms with Crippen molar-refractivity contribution in [3.8, 4) is 0 Å². The third-order valence-electron chi connectivity index (χ3n) is 3.58. The van der Waals surface area contributed by atoms with E-state index in [2.05, 4.69) is 38.1 Å². The zero-order valence-electron chi connectivity index (χ0n) is 9.29. The number of rotatable bonds is 1. The van der Waals surface area contributed by atoms with Gasteiger partial charge in [-0.2, -0.15) is 0 Å². The highest BCUT2D eigenvalue weighted by Gasteiger charge is 2.22. The second-order valence-corrected chi connectivity index (χ2v) is 4.78. The molecule has 0 bridgehead atoms. The van der Waals surface area contributed by atoms with Crippen LogP contribution < -0.4 is 0 Å². The van der Waals surface area contributed by atoms with E-state index in [0.717, 1.165) is 11.8 Å². The summed E-state index contributed by atoms with van der Waals surface area (Å²) in [5, 5.41) is 0. The van der Waals surface area contributed by atoms with Gasteiger partial charge in [0.15, 0.2) is 0 Å². The van der Waals surface area contributed by atoms with Crippen LogP contribution in [0.2, 0.25) is 0 Å². The van der Waals surface area contributed by atoms with E-state index in [9.17, 15) is 0 Å². The molecule has 76 valence electrons. The van der Waals surface area contributed by atoms with Crippen molar-refractivity contribution in [2.45, 2.75) is 45.4 Å². The largest absolute Gasteiger partial charge is 0.0619 e. The summed E-state index contributed by atoms with van der Waals surface area (Å²) in [6.45, 7) is 4.60. The molecule has 2 rings (SSSR count). The van der Waals surface area contributed by atoms with Crippen LogP contribution in [-0.4, -0.2) is 0 Å². The van der Waals surface area contributed by atoms with Gasteiger partial charge in [-0.3, -0.25) is 0 Å². The summed E-state index contributed by atoms with van der Waals surface area (Å²) in [5.74, 6) is 1.70. The van der Waals surface area contributed by atoms with Crippen LogP contribution in [0.5, 0.6) is 0 Å². The van der Waals surface area contributed by atoms with Crippen molar-refractivity contribution in [1.82, 2.24) is 0 Å². The van der Waals surface area contributed by atoms with Crippen molar-refractivity contribution in [3.63, 3.8) is 0 Å². The van der Waals surface area contributed by atoms with Gasteiger partial charge in [-0.1, -0.05) is 56.0 Å². The highest BCUT2D eigenvalue weighted by molar-refractivity contribution is 5.26. The van der Waals surface area contributed by atoms with Crippen molar-refractivity contribution in [2.24, 2.45) is 5.92 Å². The number of benzene rings is 1. The van der Waals surface area contributed by atoms with Crippen molar-refractivity contribution in [2.75, 3.05) is 0 Å². The summed E-state index contributed by atoms with van der Waals surface area (Å²) in [4.78, 5) is 0. The second kappa shape index (κ2) is 4.16. The van der Waals surface area contributed by atoms with E-state index < -0.39 is 0 Å². The van der Waals surface area contributed by atoms with Crippen LogP contribution in [-0.2, 0) is 0 Å². The van der Waals surface area contributed by atoms with Crippen molar-refractivity contribution in [3.05, 3.63) is 35.4 Å². The first kappa shape index (κ1) is 9.76. The van der Waals surface area contributed by atoms with Crippen LogP contribution in [0.1, 0.15) is 49.7 Å². The monoisotopic (exact) mass is 188 g/mol. The van der Waals surface area contributed by atoms with Crippen molar-refractivity contribution >= 4 is 0 Å². The van der Waals surface area contributed by atoms with Gasteiger partial charge in [0.1, 0.15) is 0 Å². The topological polar surface area (TPSA) is 0 Å². The second-order valence-electron chi connectivity index (χ2n) is 4.78. The quantitative estimate of drug-likeness (QED) is 0.616. The zero-order valence-corrected chi connectivity index (χ0v) is 9.29. The van der Waals surface area contributed by atoms with Gasteiger partial charge in [-0.25, -0.2) is 0 Å². The van der Waals surface area contributed by atoms with Gasteiger partial charge < -0.3 is 0 Å². The van der Waals surface area contributed by atoms with Gasteiger partial charge in [-0.15, -0.1) is 0 Å². The lowest BCUT2D eigenvalue weighted by Crippen LogP contribution is -2.14. The Morgan fingerprint density at radius 1 is 1.14 bits per heavy atom. The van der Waals surface area contributed by atoms with E-state index in [-0.39, 0.29) is 0 Å². The Morgan fingerprint density at radius 3 is 2.64 bits per heavy atom. The molecule has 0 radical (unpaired) electrons. The molecule has 1 aliphatic carbocycles. The summed E-state index contributed by atoms with van der Waals surface area (Å²) in [6.07, 6.45) is 5.66. The van der Waals surface area contributed by atoms with Gasteiger partial charge in [0.25, 0.3) is 0 Å². The molecule has 0 nitrogen and oxygen atoms in total. The Kier molecular flexibility index (Phi) is 2.90. The summed E-state index contributed by atoms with van der Waals surface area (Å²) in [6, 6.07) is 9.06. The lowest BCUT2D eigenvalue weighted by atomic mass is 9.76. The summed E-state index contributed by atoms with van der Waals surface area (Å²) >= 11 is 0. The summed E-state index contributed by atoms with van der Waals surface area (Å²) < 4.78 is 0. The molecular formula is C14H20. The third kappa shape index (κ3) is 2.00. The molecule has 1 fully saturated rings. The molecule has 0 amide bonds. The highest BCUT2D eigenvalue weighted by atomic mass is 14.3. The van der Waals surface area contributed by atoms with Crippen LogP contribution in [0.15, 0.2) is 24.3 Å². The number of hydrogen-bond donors (Lipinski definition) is 0. The van der Waals surface area contributed by atoms with Crippen LogP contribution in [0, 0.1) is 12.8 Å². The average Bonchev–Trinajstić information content (AvgIpc) is 2.18. The fraction of sp³-hybridized carbons (Fsp3) is 0.571. The van der Waals surface area contributed by atoms with Gasteiger partial charge in [0.2, 0.25) is 0 Å². The fourth-order valence-electron chi connectivity index (χ4n) is 2.71. The van der Waals surface area contributed by atoms with Crippen molar-refractivity contribution in [1.29, 1.82) is 0 Å². The normalized spacial score (nSPS) is 27.6. The average molecular weight is 188 g/mol. The predicted molar refractivity (Wildman–Crippen MR) is 61.6 cm³/mol. The molecule has 0 saturated heterocycles. The van der Waals surface area contributed by atoms with E-state index in [0.29, 0.717) is 0 Å². The lowest BCUT2D eigenvalue weighted by Gasteiger charge is -2.29. The molecule has 14 heavy (non-hydrogen) atoms. The fourth-order valence-corrected chi connectivity index (χ4v) is 2.71. The smallest absolute Gasteiger partial charge is 0.0136 e. The van der Waals surface area contributed by atoms with E-state index in [1.54, 1.807) is 5.56 Å². The zero-order chi connectivity index (χ0) is 9.97. The first-order chi connectivity index (χ1) is 6.77. The molecule has 0 heterocycles. The maximum atomic E-state index is 2.41. The maximum absolute atomic E-state index is 2.41. The minimum absolute atomic E-state index is 0.823. The SMILES string of the molecule is Cc1cccc([C@H]2CCCC[C@H]2C)c1. The Hall–Kier alpha value is -0.780. The van der Waals surface area contributed by atoms with E-state index in [1.807, 2.05) is 0 Å². The summed E-state index contributed by atoms with van der Waals surface area (Å²) in [7, 11) is 0. The van der Waals surface area contributed by atoms with Gasteiger partial charge in [-0.05, 0) is 30.7 Å². The van der Waals surface area contributed by atoms with Crippen LogP contribution in [0.25, 0.3) is 0 Å². The van der Waals surface area contributed by atoms with Crippen LogP contribution in [0.3, 0.4) is 0 Å². The predicted octanol–water partition coefficient (Wildman–Crippen LogP) is 4.29. The molecule has 1 aliphatic rings. The molecule has 0 unspecified atom stereocenters. The molecule has 1 aromatic carbocycles. The van der Waals surface area contributed by atoms with E-state index >= 15 is 0 Å². The van der Waals surface area contributed by atoms with Gasteiger partial charge in [0.05, 0.1) is 0 Å². The number of aryl methyl sites for hydroxylation is 1. The minimum atomic E-state index is 0.823. The Bertz CT molecular complexity index is 301. The molecule has 2 atom stereocenters. The maximum Gasteiger partial charge on any atom is -0.0136 e. The molecule has 0 spiro atoms. The van der Waals surface area contributed by atoms with Gasteiger partial charge >= 0.3 is 0 Å². The minimum Gasteiger partial charge on any atom is -0.0619 e. The third-order valence-corrected chi connectivity index (χ3v) is 3.58. The Balaban J connectivity index is 2.20. The van der Waals surface area contributed by atoms with Crippen LogP contribution in [0.4, 0.5) is 0 Å². The van der Waals surface area contributed by atoms with E-state index in [4.69, 9.17) is 0 Å². The van der Waals surface area contributed by atoms with Gasteiger partial charge in [0, 0.05) is 0 Å². The molecule has 0 aliphatic heterocycles. The van der Waals surface area contributed by atoms with E-state index in [1.165, 1.54) is 31.2 Å². The molecule has 0 aromatic heterocycles. The molecule has 1 saturated carbocycles. The first-order valence-electron chi connectivity index (χ1n) is 5.84. The molecular weight excluding hydrogens is 168 g/mol. The molecule has 1 aromatic rings. The first-order valence-corrected chi connectivity index (χ1v) is 5.84. The summed E-state index contributed by atoms with van der Waals surface area (Å²) in [5.41, 5.74) is 2.97. The number of hydrogen-bond acceptors (Lipinski definition) is 0. The molecule has 0 heteroatoms. The Labute approximate surface area is 87.3 Å². The standard InChI is InChI=1S/C14H20/c1-11-6-5-8-13(10-11)14-9-4-3-7-12(14)2/h5-6,8,10,12,14H,3-4,7,9H2,1-2H3/t12-,14+/m1/s1. The molecule has 0 N–H and O–H groups in total.